The fourth-order valence-corrected chi connectivity index (χ4v) is 2.19. The van der Waals surface area contributed by atoms with Crippen LogP contribution in [0.25, 0.3) is 0 Å². The molecule has 2 rings (SSSR count). The van der Waals surface area contributed by atoms with E-state index >= 15 is 0 Å². The Bertz CT molecular complexity index is 694. The first kappa shape index (κ1) is 16.2. The third-order valence-electron chi connectivity index (χ3n) is 3.07. The summed E-state index contributed by atoms with van der Waals surface area (Å²) in [5, 5.41) is 17.4. The third kappa shape index (κ3) is 3.73. The van der Waals surface area contributed by atoms with Crippen molar-refractivity contribution in [3.8, 4) is 0 Å². The minimum Gasteiger partial charge on any atom is -0.454 e. The van der Waals surface area contributed by atoms with Gasteiger partial charge in [-0.05, 0) is 46.3 Å². The molecule has 0 aliphatic heterocycles. The maximum Gasteiger partial charge on any atom is 0.404 e. The van der Waals surface area contributed by atoms with Gasteiger partial charge >= 0.3 is 5.82 Å². The fourth-order valence-electron chi connectivity index (χ4n) is 1.73. The van der Waals surface area contributed by atoms with Crippen LogP contribution >= 0.6 is 15.9 Å². The zero-order valence-corrected chi connectivity index (χ0v) is 13.7. The highest BCUT2D eigenvalue weighted by atomic mass is 79.9. The number of aromatic nitrogens is 2. The van der Waals surface area contributed by atoms with Gasteiger partial charge in [-0.3, -0.25) is 4.79 Å². The van der Waals surface area contributed by atoms with Gasteiger partial charge in [0.05, 0.1) is 11.3 Å². The number of rotatable bonds is 6. The molecule has 0 spiro atoms. The van der Waals surface area contributed by atoms with Gasteiger partial charge in [0, 0.05) is 6.04 Å². The van der Waals surface area contributed by atoms with Crippen molar-refractivity contribution in [3.05, 3.63) is 44.4 Å². The molecule has 1 N–H and O–H groups in total. The summed E-state index contributed by atoms with van der Waals surface area (Å²) in [7, 11) is 0. The van der Waals surface area contributed by atoms with Crippen LogP contribution in [0, 0.1) is 10.1 Å². The molecule has 8 nitrogen and oxygen atoms in total. The van der Waals surface area contributed by atoms with Crippen LogP contribution in [0.5, 0.6) is 0 Å². The van der Waals surface area contributed by atoms with E-state index in [9.17, 15) is 14.9 Å². The summed E-state index contributed by atoms with van der Waals surface area (Å²) in [5.41, 5.74) is 0. The van der Waals surface area contributed by atoms with Gasteiger partial charge in [-0.25, -0.2) is 0 Å². The second-order valence-corrected chi connectivity index (χ2v) is 5.66. The quantitative estimate of drug-likeness (QED) is 0.621. The zero-order chi connectivity index (χ0) is 16.3. The molecule has 9 heteroatoms. The van der Waals surface area contributed by atoms with E-state index in [1.54, 1.807) is 12.1 Å². The molecule has 2 aromatic heterocycles. The molecular weight excluding hydrogens is 356 g/mol. The standard InChI is InChI=1S/C13H15BrN4O4/c1-3-8(2)15-13(19)11-5-4-9(22-11)6-17-7-10(14)12(16-17)18(20)21/h4-5,7-8H,3,6H2,1-2H3,(H,15,19). The summed E-state index contributed by atoms with van der Waals surface area (Å²) in [6, 6.07) is 3.28. The van der Waals surface area contributed by atoms with Gasteiger partial charge in [-0.2, -0.15) is 4.68 Å². The van der Waals surface area contributed by atoms with E-state index in [1.807, 2.05) is 13.8 Å². The van der Waals surface area contributed by atoms with Crippen molar-refractivity contribution in [2.75, 3.05) is 0 Å². The van der Waals surface area contributed by atoms with Crippen molar-refractivity contribution < 1.29 is 14.1 Å². The van der Waals surface area contributed by atoms with Gasteiger partial charge in [0.2, 0.25) is 0 Å². The second-order valence-electron chi connectivity index (χ2n) is 4.80. The molecule has 2 heterocycles. The van der Waals surface area contributed by atoms with Crippen LogP contribution in [-0.2, 0) is 6.54 Å². The maximum absolute atomic E-state index is 11.9. The Labute approximate surface area is 134 Å². The topological polar surface area (TPSA) is 103 Å². The van der Waals surface area contributed by atoms with Crippen molar-refractivity contribution in [1.82, 2.24) is 15.1 Å². The number of halogens is 1. The number of hydrogen-bond donors (Lipinski definition) is 1. The number of carbonyl (C=O) groups excluding carboxylic acids is 1. The predicted octanol–water partition coefficient (Wildman–Crippen LogP) is 2.72. The van der Waals surface area contributed by atoms with E-state index in [0.29, 0.717) is 10.2 Å². The molecule has 0 saturated carbocycles. The summed E-state index contributed by atoms with van der Waals surface area (Å²) < 4.78 is 7.11. The first-order valence-corrected chi connectivity index (χ1v) is 7.47. The van der Waals surface area contributed by atoms with Crippen LogP contribution in [-0.4, -0.2) is 26.7 Å². The van der Waals surface area contributed by atoms with E-state index in [2.05, 4.69) is 26.3 Å². The largest absolute Gasteiger partial charge is 0.454 e. The highest BCUT2D eigenvalue weighted by Gasteiger charge is 2.20. The monoisotopic (exact) mass is 370 g/mol. The first-order chi connectivity index (χ1) is 10.4. The van der Waals surface area contributed by atoms with Gasteiger partial charge < -0.3 is 19.8 Å². The Kier molecular flexibility index (Phi) is 4.96. The molecule has 2 aromatic rings. The lowest BCUT2D eigenvalue weighted by Gasteiger charge is -2.09. The summed E-state index contributed by atoms with van der Waals surface area (Å²) in [6.07, 6.45) is 2.31. The Morgan fingerprint density at radius 1 is 1.59 bits per heavy atom. The lowest BCUT2D eigenvalue weighted by Crippen LogP contribution is -2.31. The normalized spacial score (nSPS) is 12.1. The molecule has 1 amide bonds. The van der Waals surface area contributed by atoms with Crippen LogP contribution in [0.15, 0.2) is 27.2 Å². The molecule has 0 radical (unpaired) electrons. The maximum atomic E-state index is 11.9. The van der Waals surface area contributed by atoms with Crippen LogP contribution in [0.1, 0.15) is 36.6 Å². The van der Waals surface area contributed by atoms with Crippen molar-refractivity contribution in [2.24, 2.45) is 0 Å². The van der Waals surface area contributed by atoms with Crippen molar-refractivity contribution in [1.29, 1.82) is 0 Å². The Balaban J connectivity index is 2.07. The van der Waals surface area contributed by atoms with E-state index in [4.69, 9.17) is 4.42 Å². The van der Waals surface area contributed by atoms with Gasteiger partial charge in [-0.1, -0.05) is 6.92 Å². The second kappa shape index (κ2) is 6.73. The molecule has 0 fully saturated rings. The van der Waals surface area contributed by atoms with E-state index in [0.717, 1.165) is 6.42 Å². The molecule has 1 atom stereocenters. The number of hydrogen-bond acceptors (Lipinski definition) is 5. The highest BCUT2D eigenvalue weighted by molar-refractivity contribution is 9.10. The molecule has 22 heavy (non-hydrogen) atoms. The van der Waals surface area contributed by atoms with Crippen LogP contribution < -0.4 is 5.32 Å². The van der Waals surface area contributed by atoms with Gasteiger partial charge in [0.25, 0.3) is 5.91 Å². The Morgan fingerprint density at radius 2 is 2.32 bits per heavy atom. The minimum absolute atomic E-state index is 0.0609. The molecule has 0 aliphatic carbocycles. The average Bonchev–Trinajstić information content (AvgIpc) is 3.06. The molecule has 1 unspecified atom stereocenters. The fraction of sp³-hybridized carbons (Fsp3) is 0.385. The minimum atomic E-state index is -0.576. The van der Waals surface area contributed by atoms with Gasteiger partial charge in [0.1, 0.15) is 16.8 Å². The first-order valence-electron chi connectivity index (χ1n) is 6.67. The number of nitrogens with one attached hydrogen (secondary N) is 1. The molecular formula is C13H15BrN4O4. The predicted molar refractivity (Wildman–Crippen MR) is 81.6 cm³/mol. The molecule has 118 valence electrons. The average molecular weight is 371 g/mol. The van der Waals surface area contributed by atoms with E-state index in [1.165, 1.54) is 10.9 Å². The van der Waals surface area contributed by atoms with Crippen LogP contribution in [0.4, 0.5) is 5.82 Å². The number of amides is 1. The molecule has 0 saturated heterocycles. The van der Waals surface area contributed by atoms with E-state index < -0.39 is 4.92 Å². The van der Waals surface area contributed by atoms with Crippen molar-refractivity contribution in [2.45, 2.75) is 32.9 Å². The van der Waals surface area contributed by atoms with Crippen LogP contribution in [0.3, 0.4) is 0 Å². The Hall–Kier alpha value is -2.16. The molecule has 0 aromatic carbocycles. The SMILES string of the molecule is CCC(C)NC(=O)c1ccc(Cn2cc(Br)c([N+](=O)[O-])n2)o1. The molecule has 0 aliphatic rings. The molecule has 0 bridgehead atoms. The van der Waals surface area contributed by atoms with Crippen molar-refractivity contribution >= 4 is 27.7 Å². The summed E-state index contributed by atoms with van der Waals surface area (Å²) in [6.45, 7) is 4.08. The smallest absolute Gasteiger partial charge is 0.404 e. The number of furan rings is 1. The lowest BCUT2D eigenvalue weighted by atomic mass is 10.2. The number of nitrogens with zero attached hydrogens (tertiary/aromatic N) is 3. The Morgan fingerprint density at radius 3 is 2.91 bits per heavy atom. The van der Waals surface area contributed by atoms with Gasteiger partial charge in [-0.15, -0.1) is 0 Å². The zero-order valence-electron chi connectivity index (χ0n) is 12.1. The third-order valence-corrected chi connectivity index (χ3v) is 3.62. The number of nitro groups is 1. The highest BCUT2D eigenvalue weighted by Crippen LogP contribution is 2.22. The lowest BCUT2D eigenvalue weighted by molar-refractivity contribution is -0.390. The summed E-state index contributed by atoms with van der Waals surface area (Å²) >= 11 is 3.07. The van der Waals surface area contributed by atoms with Crippen LogP contribution in [0.2, 0.25) is 0 Å². The summed E-state index contributed by atoms with van der Waals surface area (Å²) in [4.78, 5) is 22.1. The number of carbonyl (C=O) groups is 1. The van der Waals surface area contributed by atoms with E-state index in [-0.39, 0.29) is 30.1 Å². The summed E-state index contributed by atoms with van der Waals surface area (Å²) in [5.74, 6) is 0.143. The van der Waals surface area contributed by atoms with Crippen molar-refractivity contribution in [3.63, 3.8) is 0 Å². The van der Waals surface area contributed by atoms with Gasteiger partial charge in [0.15, 0.2) is 5.76 Å².